The summed E-state index contributed by atoms with van der Waals surface area (Å²) >= 11 is 6.11. The van der Waals surface area contributed by atoms with Gasteiger partial charge in [0.05, 0.1) is 19.3 Å². The van der Waals surface area contributed by atoms with Crippen molar-refractivity contribution in [1.29, 1.82) is 0 Å². The van der Waals surface area contributed by atoms with Gasteiger partial charge in [-0.25, -0.2) is 0 Å². The zero-order valence-corrected chi connectivity index (χ0v) is 18.2. The number of aliphatic imine (C=N–C) groups is 1. The molecule has 6 nitrogen and oxygen atoms in total. The lowest BCUT2D eigenvalue weighted by molar-refractivity contribution is 0.0420. The predicted molar refractivity (Wildman–Crippen MR) is 116 cm³/mol. The van der Waals surface area contributed by atoms with E-state index in [-0.39, 0.29) is 36.6 Å². The first-order chi connectivity index (χ1) is 12.2. The van der Waals surface area contributed by atoms with Crippen molar-refractivity contribution >= 4 is 41.5 Å². The highest BCUT2D eigenvalue weighted by molar-refractivity contribution is 14.0. The maximum Gasteiger partial charge on any atom is 0.191 e. The molecule has 8 heteroatoms. The number of nitrogens with one attached hydrogen (secondary N) is 2. The third-order valence-electron chi connectivity index (χ3n) is 3.89. The second-order valence-corrected chi connectivity index (χ2v) is 6.30. The van der Waals surface area contributed by atoms with Gasteiger partial charge in [-0.2, -0.15) is 0 Å². The van der Waals surface area contributed by atoms with E-state index in [4.69, 9.17) is 21.1 Å². The first-order valence-electron chi connectivity index (χ1n) is 8.84. The van der Waals surface area contributed by atoms with Gasteiger partial charge in [-0.05, 0) is 25.8 Å². The summed E-state index contributed by atoms with van der Waals surface area (Å²) in [6.07, 6.45) is 1.38. The van der Waals surface area contributed by atoms with Crippen molar-refractivity contribution in [2.45, 2.75) is 32.0 Å². The van der Waals surface area contributed by atoms with E-state index in [0.717, 1.165) is 32.5 Å². The molecule has 1 saturated heterocycles. The van der Waals surface area contributed by atoms with E-state index in [2.05, 4.69) is 15.6 Å². The minimum absolute atomic E-state index is 0. The normalized spacial score (nSPS) is 18.3. The monoisotopic (exact) mass is 497 g/mol. The summed E-state index contributed by atoms with van der Waals surface area (Å²) < 4.78 is 11.0. The summed E-state index contributed by atoms with van der Waals surface area (Å²) in [6, 6.07) is 7.27. The fourth-order valence-electron chi connectivity index (χ4n) is 2.54. The summed E-state index contributed by atoms with van der Waals surface area (Å²) in [4.78, 5) is 4.43. The van der Waals surface area contributed by atoms with Crippen LogP contribution in [-0.4, -0.2) is 56.6 Å². The third-order valence-corrected chi connectivity index (χ3v) is 4.23. The van der Waals surface area contributed by atoms with Crippen LogP contribution in [0, 0.1) is 0 Å². The fourth-order valence-corrected chi connectivity index (χ4v) is 2.80. The molecule has 2 unspecified atom stereocenters. The summed E-state index contributed by atoms with van der Waals surface area (Å²) in [5.41, 5.74) is 0.691. The van der Waals surface area contributed by atoms with Gasteiger partial charge in [-0.15, -0.1) is 24.0 Å². The molecule has 26 heavy (non-hydrogen) atoms. The average Bonchev–Trinajstić information content (AvgIpc) is 3.13. The standard InChI is InChI=1S/C18H28ClN3O3.HI/c1-2-20-18(21-9-5-10-25-14-8-11-24-13-14)22-12-17(23)15-6-3-4-7-16(15)19;/h3-4,6-7,14,17,23H,2,5,8-13H2,1H3,(H2,20,21,22);1H. The molecule has 2 rings (SSSR count). The molecule has 0 amide bonds. The largest absolute Gasteiger partial charge is 0.386 e. The first-order valence-corrected chi connectivity index (χ1v) is 9.22. The molecule has 0 radical (unpaired) electrons. The number of rotatable bonds is 9. The topological polar surface area (TPSA) is 75.1 Å². The molecule has 0 bridgehead atoms. The maximum atomic E-state index is 10.3. The van der Waals surface area contributed by atoms with Gasteiger partial charge in [-0.3, -0.25) is 4.99 Å². The van der Waals surface area contributed by atoms with E-state index in [9.17, 15) is 5.11 Å². The van der Waals surface area contributed by atoms with Crippen LogP contribution in [0.4, 0.5) is 0 Å². The SMILES string of the molecule is CCNC(=NCC(O)c1ccccc1Cl)NCCCOC1CCOC1.I. The van der Waals surface area contributed by atoms with Crippen LogP contribution in [0.1, 0.15) is 31.4 Å². The van der Waals surface area contributed by atoms with E-state index in [1.807, 2.05) is 25.1 Å². The Bertz CT molecular complexity index is 542. The van der Waals surface area contributed by atoms with Crippen molar-refractivity contribution in [3.05, 3.63) is 34.9 Å². The maximum absolute atomic E-state index is 10.3. The molecule has 1 aromatic rings. The molecule has 0 saturated carbocycles. The minimum Gasteiger partial charge on any atom is -0.386 e. The highest BCUT2D eigenvalue weighted by Crippen LogP contribution is 2.22. The van der Waals surface area contributed by atoms with E-state index >= 15 is 0 Å². The Morgan fingerprint density at radius 3 is 2.92 bits per heavy atom. The van der Waals surface area contributed by atoms with Crippen molar-refractivity contribution < 1.29 is 14.6 Å². The molecule has 0 aromatic heterocycles. The molecule has 0 spiro atoms. The Morgan fingerprint density at radius 2 is 2.23 bits per heavy atom. The van der Waals surface area contributed by atoms with Gasteiger partial charge in [0.25, 0.3) is 0 Å². The molecule has 1 aliphatic heterocycles. The van der Waals surface area contributed by atoms with Crippen LogP contribution in [0.25, 0.3) is 0 Å². The van der Waals surface area contributed by atoms with Crippen molar-refractivity contribution in [2.24, 2.45) is 4.99 Å². The Balaban J connectivity index is 0.00000338. The predicted octanol–water partition coefficient (Wildman–Crippen LogP) is 2.74. The zero-order valence-electron chi connectivity index (χ0n) is 15.1. The molecule has 3 N–H and O–H groups in total. The lowest BCUT2D eigenvalue weighted by Gasteiger charge is -2.14. The van der Waals surface area contributed by atoms with Crippen LogP contribution in [0.2, 0.25) is 5.02 Å². The van der Waals surface area contributed by atoms with Crippen LogP contribution in [0.15, 0.2) is 29.3 Å². The molecule has 2 atom stereocenters. The third kappa shape index (κ3) is 8.39. The summed E-state index contributed by atoms with van der Waals surface area (Å²) in [5, 5.41) is 17.2. The molecular weight excluding hydrogens is 469 g/mol. The van der Waals surface area contributed by atoms with Crippen LogP contribution < -0.4 is 10.6 Å². The zero-order chi connectivity index (χ0) is 17.9. The summed E-state index contributed by atoms with van der Waals surface area (Å²) in [7, 11) is 0. The van der Waals surface area contributed by atoms with Crippen LogP contribution in [0.3, 0.4) is 0 Å². The van der Waals surface area contributed by atoms with Crippen LogP contribution in [-0.2, 0) is 9.47 Å². The quantitative estimate of drug-likeness (QED) is 0.212. The number of aliphatic hydroxyl groups excluding tert-OH is 1. The highest BCUT2D eigenvalue weighted by atomic mass is 127. The van der Waals surface area contributed by atoms with Gasteiger partial charge < -0.3 is 25.2 Å². The fraction of sp³-hybridized carbons (Fsp3) is 0.611. The molecule has 1 fully saturated rings. The first kappa shape index (κ1) is 23.4. The number of guanidine groups is 1. The highest BCUT2D eigenvalue weighted by Gasteiger charge is 2.15. The van der Waals surface area contributed by atoms with Crippen LogP contribution >= 0.6 is 35.6 Å². The Hall–Kier alpha value is -0.610. The van der Waals surface area contributed by atoms with Gasteiger partial charge >= 0.3 is 0 Å². The number of hydrogen-bond acceptors (Lipinski definition) is 4. The average molecular weight is 498 g/mol. The van der Waals surface area contributed by atoms with Crippen molar-refractivity contribution in [3.63, 3.8) is 0 Å². The molecule has 148 valence electrons. The lowest BCUT2D eigenvalue weighted by atomic mass is 10.1. The van der Waals surface area contributed by atoms with Gasteiger partial charge in [0.1, 0.15) is 6.10 Å². The van der Waals surface area contributed by atoms with Gasteiger partial charge in [0.15, 0.2) is 5.96 Å². The second kappa shape index (κ2) is 13.5. The van der Waals surface area contributed by atoms with Crippen molar-refractivity contribution in [3.8, 4) is 0 Å². The lowest BCUT2D eigenvalue weighted by Crippen LogP contribution is -2.38. The van der Waals surface area contributed by atoms with E-state index < -0.39 is 6.10 Å². The van der Waals surface area contributed by atoms with Gasteiger partial charge in [-0.1, -0.05) is 29.8 Å². The molecule has 0 aliphatic carbocycles. The van der Waals surface area contributed by atoms with Gasteiger partial charge in [0.2, 0.25) is 0 Å². The number of ether oxygens (including phenoxy) is 2. The smallest absolute Gasteiger partial charge is 0.191 e. The molecule has 1 aliphatic rings. The van der Waals surface area contributed by atoms with Gasteiger partial charge in [0, 0.05) is 36.9 Å². The second-order valence-electron chi connectivity index (χ2n) is 5.89. The molecular formula is C18H29ClIN3O3. The van der Waals surface area contributed by atoms with Crippen LogP contribution in [0.5, 0.6) is 0 Å². The van der Waals surface area contributed by atoms with Crippen molar-refractivity contribution in [1.82, 2.24) is 10.6 Å². The number of benzene rings is 1. The summed E-state index contributed by atoms with van der Waals surface area (Å²) in [6.45, 7) is 5.96. The number of halogens is 2. The minimum atomic E-state index is -0.727. The van der Waals surface area contributed by atoms with E-state index in [1.165, 1.54) is 0 Å². The number of hydrogen-bond donors (Lipinski definition) is 3. The molecule has 1 aromatic carbocycles. The number of nitrogens with zero attached hydrogens (tertiary/aromatic N) is 1. The van der Waals surface area contributed by atoms with E-state index in [1.54, 1.807) is 6.07 Å². The Labute approximate surface area is 177 Å². The Morgan fingerprint density at radius 1 is 1.42 bits per heavy atom. The number of aliphatic hydroxyl groups is 1. The summed E-state index contributed by atoms with van der Waals surface area (Å²) in [5.74, 6) is 0.679. The molecule has 1 heterocycles. The van der Waals surface area contributed by atoms with Crippen molar-refractivity contribution in [2.75, 3.05) is 39.5 Å². The van der Waals surface area contributed by atoms with E-state index in [0.29, 0.717) is 29.8 Å². The Kier molecular flexibility index (Phi) is 12.2.